The molecule has 26 heavy (non-hydrogen) atoms. The summed E-state index contributed by atoms with van der Waals surface area (Å²) in [6.07, 6.45) is 1.34. The Labute approximate surface area is 146 Å². The number of rotatable bonds is 5. The Hall–Kier alpha value is -3.42. The minimum Gasteiger partial charge on any atom is -0.347 e. The van der Waals surface area contributed by atoms with Crippen LogP contribution in [0.5, 0.6) is 0 Å². The number of amides is 1. The molecule has 0 spiro atoms. The Balaban J connectivity index is 1.69. The predicted octanol–water partition coefficient (Wildman–Crippen LogP) is 3.57. The van der Waals surface area contributed by atoms with Crippen molar-refractivity contribution in [2.24, 2.45) is 0 Å². The van der Waals surface area contributed by atoms with Crippen molar-refractivity contribution in [1.82, 2.24) is 15.3 Å². The van der Waals surface area contributed by atoms with Crippen LogP contribution in [0.25, 0.3) is 0 Å². The molecule has 0 fully saturated rings. The van der Waals surface area contributed by atoms with Crippen LogP contribution in [0.2, 0.25) is 0 Å². The molecular formula is C18H13F3N4O. The first-order valence-corrected chi connectivity index (χ1v) is 7.59. The molecule has 0 aliphatic heterocycles. The fourth-order valence-electron chi connectivity index (χ4n) is 2.16. The van der Waals surface area contributed by atoms with Gasteiger partial charge in [-0.3, -0.25) is 4.79 Å². The van der Waals surface area contributed by atoms with Crippen molar-refractivity contribution in [2.75, 3.05) is 5.32 Å². The molecule has 0 aliphatic carbocycles. The lowest BCUT2D eigenvalue weighted by Crippen LogP contribution is -2.24. The van der Waals surface area contributed by atoms with E-state index in [0.717, 1.165) is 12.1 Å². The van der Waals surface area contributed by atoms with Gasteiger partial charge in [0.15, 0.2) is 11.6 Å². The zero-order chi connectivity index (χ0) is 18.5. The standard InChI is InChI=1S/C18H13F3N4O/c19-13-4-2-1-3-11(13)10-23-17(26)16-7-8-22-18(25-16)24-12-5-6-14(20)15(21)9-12/h1-9H,10H2,(H,23,26)(H,22,24,25). The average Bonchev–Trinajstić information content (AvgIpc) is 2.64. The van der Waals surface area contributed by atoms with Gasteiger partial charge in [-0.15, -0.1) is 0 Å². The van der Waals surface area contributed by atoms with Gasteiger partial charge in [0.1, 0.15) is 11.5 Å². The minimum atomic E-state index is -1.02. The highest BCUT2D eigenvalue weighted by molar-refractivity contribution is 5.92. The molecule has 1 amide bonds. The van der Waals surface area contributed by atoms with Crippen molar-refractivity contribution in [3.05, 3.63) is 83.4 Å². The molecular weight excluding hydrogens is 345 g/mol. The van der Waals surface area contributed by atoms with Crippen LogP contribution in [0.4, 0.5) is 24.8 Å². The zero-order valence-corrected chi connectivity index (χ0v) is 13.3. The number of nitrogens with zero attached hydrogens (tertiary/aromatic N) is 2. The number of aromatic nitrogens is 2. The van der Waals surface area contributed by atoms with Crippen molar-refractivity contribution in [1.29, 1.82) is 0 Å². The Bertz CT molecular complexity index is 949. The Morgan fingerprint density at radius 1 is 0.962 bits per heavy atom. The Kier molecular flexibility index (Phi) is 5.12. The molecule has 0 radical (unpaired) electrons. The molecule has 132 valence electrons. The second-order valence-electron chi connectivity index (χ2n) is 5.29. The Morgan fingerprint density at radius 2 is 1.77 bits per heavy atom. The molecule has 3 rings (SSSR count). The molecule has 0 atom stereocenters. The zero-order valence-electron chi connectivity index (χ0n) is 13.3. The van der Waals surface area contributed by atoms with Crippen LogP contribution >= 0.6 is 0 Å². The molecule has 2 aromatic carbocycles. The van der Waals surface area contributed by atoms with Crippen molar-refractivity contribution >= 4 is 17.5 Å². The second-order valence-corrected chi connectivity index (χ2v) is 5.29. The van der Waals surface area contributed by atoms with Crippen LogP contribution in [-0.2, 0) is 6.54 Å². The van der Waals surface area contributed by atoms with E-state index < -0.39 is 23.4 Å². The maximum atomic E-state index is 13.6. The second kappa shape index (κ2) is 7.64. The minimum absolute atomic E-state index is 0.00143. The van der Waals surface area contributed by atoms with Gasteiger partial charge < -0.3 is 10.6 Å². The summed E-state index contributed by atoms with van der Waals surface area (Å²) < 4.78 is 39.7. The van der Waals surface area contributed by atoms with Crippen LogP contribution in [0.1, 0.15) is 16.1 Å². The van der Waals surface area contributed by atoms with Crippen LogP contribution in [0, 0.1) is 17.5 Å². The molecule has 2 N–H and O–H groups in total. The van der Waals surface area contributed by atoms with Gasteiger partial charge in [-0.2, -0.15) is 0 Å². The third-order valence-corrected chi connectivity index (χ3v) is 3.46. The van der Waals surface area contributed by atoms with Gasteiger partial charge in [0.05, 0.1) is 0 Å². The first-order valence-electron chi connectivity index (χ1n) is 7.59. The van der Waals surface area contributed by atoms with E-state index in [4.69, 9.17) is 0 Å². The van der Waals surface area contributed by atoms with Crippen LogP contribution in [-0.4, -0.2) is 15.9 Å². The smallest absolute Gasteiger partial charge is 0.270 e. The fraction of sp³-hybridized carbons (Fsp3) is 0.0556. The summed E-state index contributed by atoms with van der Waals surface area (Å²) in [6, 6.07) is 10.7. The van der Waals surface area contributed by atoms with Gasteiger partial charge in [0.2, 0.25) is 5.95 Å². The number of carbonyl (C=O) groups excluding carboxylic acids is 1. The lowest BCUT2D eigenvalue weighted by molar-refractivity contribution is 0.0945. The third kappa shape index (κ3) is 4.15. The van der Waals surface area contributed by atoms with Crippen molar-refractivity contribution in [3.8, 4) is 0 Å². The van der Waals surface area contributed by atoms with Gasteiger partial charge in [-0.25, -0.2) is 23.1 Å². The van der Waals surface area contributed by atoms with Crippen molar-refractivity contribution < 1.29 is 18.0 Å². The number of halogens is 3. The molecule has 0 unspecified atom stereocenters. The first kappa shape index (κ1) is 17.4. The fourth-order valence-corrected chi connectivity index (χ4v) is 2.16. The van der Waals surface area contributed by atoms with Crippen LogP contribution in [0.15, 0.2) is 54.7 Å². The molecule has 1 heterocycles. The monoisotopic (exact) mass is 358 g/mol. The molecule has 8 heteroatoms. The topological polar surface area (TPSA) is 66.9 Å². The lowest BCUT2D eigenvalue weighted by atomic mass is 10.2. The number of hydrogen-bond donors (Lipinski definition) is 2. The summed E-state index contributed by atoms with van der Waals surface area (Å²) in [6.45, 7) is 0.00143. The Morgan fingerprint density at radius 3 is 2.54 bits per heavy atom. The van der Waals surface area contributed by atoms with E-state index in [9.17, 15) is 18.0 Å². The van der Waals surface area contributed by atoms with E-state index in [1.165, 1.54) is 24.4 Å². The summed E-state index contributed by atoms with van der Waals surface area (Å²) in [7, 11) is 0. The van der Waals surface area contributed by atoms with Gasteiger partial charge in [-0.1, -0.05) is 18.2 Å². The van der Waals surface area contributed by atoms with E-state index in [0.29, 0.717) is 5.56 Å². The molecule has 0 bridgehead atoms. The highest BCUT2D eigenvalue weighted by atomic mass is 19.2. The first-order chi connectivity index (χ1) is 12.5. The third-order valence-electron chi connectivity index (χ3n) is 3.46. The quantitative estimate of drug-likeness (QED) is 0.732. The molecule has 3 aromatic rings. The van der Waals surface area contributed by atoms with E-state index in [1.807, 2.05) is 0 Å². The van der Waals surface area contributed by atoms with Crippen molar-refractivity contribution in [3.63, 3.8) is 0 Å². The van der Waals surface area contributed by atoms with Crippen LogP contribution < -0.4 is 10.6 Å². The maximum absolute atomic E-state index is 13.6. The van der Waals surface area contributed by atoms with Crippen LogP contribution in [0.3, 0.4) is 0 Å². The summed E-state index contributed by atoms with van der Waals surface area (Å²) in [4.78, 5) is 20.1. The summed E-state index contributed by atoms with van der Waals surface area (Å²) in [5.74, 6) is -2.90. The van der Waals surface area contributed by atoms with Gasteiger partial charge in [0, 0.05) is 30.1 Å². The summed E-state index contributed by atoms with van der Waals surface area (Å²) in [5, 5.41) is 5.24. The number of hydrogen-bond acceptors (Lipinski definition) is 4. The summed E-state index contributed by atoms with van der Waals surface area (Å²) >= 11 is 0. The van der Waals surface area contributed by atoms with E-state index >= 15 is 0 Å². The number of carbonyl (C=O) groups is 1. The van der Waals surface area contributed by atoms with E-state index in [-0.39, 0.29) is 23.9 Å². The molecule has 0 saturated heterocycles. The molecule has 1 aromatic heterocycles. The highest BCUT2D eigenvalue weighted by Crippen LogP contribution is 2.16. The van der Waals surface area contributed by atoms with Gasteiger partial charge in [0.25, 0.3) is 5.91 Å². The molecule has 5 nitrogen and oxygen atoms in total. The van der Waals surface area contributed by atoms with Gasteiger partial charge in [-0.05, 0) is 24.3 Å². The van der Waals surface area contributed by atoms with Gasteiger partial charge >= 0.3 is 0 Å². The number of anilines is 2. The van der Waals surface area contributed by atoms with E-state index in [2.05, 4.69) is 20.6 Å². The molecule has 0 aliphatic rings. The highest BCUT2D eigenvalue weighted by Gasteiger charge is 2.11. The number of nitrogens with one attached hydrogen (secondary N) is 2. The van der Waals surface area contributed by atoms with Crippen molar-refractivity contribution in [2.45, 2.75) is 6.54 Å². The number of benzene rings is 2. The maximum Gasteiger partial charge on any atom is 0.270 e. The van der Waals surface area contributed by atoms with E-state index in [1.54, 1.807) is 18.2 Å². The predicted molar refractivity (Wildman–Crippen MR) is 89.2 cm³/mol. The molecule has 0 saturated carbocycles. The summed E-state index contributed by atoms with van der Waals surface area (Å²) in [5.41, 5.74) is 0.615. The average molecular weight is 358 g/mol. The SMILES string of the molecule is O=C(NCc1ccccc1F)c1ccnc(Nc2ccc(F)c(F)c2)n1. The largest absolute Gasteiger partial charge is 0.347 e. The lowest BCUT2D eigenvalue weighted by Gasteiger charge is -2.08. The normalized spacial score (nSPS) is 10.4.